The lowest BCUT2D eigenvalue weighted by Crippen LogP contribution is -1.88. The van der Waals surface area contributed by atoms with E-state index in [0.29, 0.717) is 18.1 Å². The first-order chi connectivity index (χ1) is 6.31. The molecule has 1 aromatic carbocycles. The van der Waals surface area contributed by atoms with Crippen LogP contribution >= 0.6 is 11.6 Å². The highest BCUT2D eigenvalue weighted by Crippen LogP contribution is 2.34. The van der Waals surface area contributed by atoms with Gasteiger partial charge >= 0.3 is 0 Å². The third-order valence-corrected chi connectivity index (χ3v) is 2.40. The van der Waals surface area contributed by atoms with Crippen LogP contribution in [0.3, 0.4) is 0 Å². The van der Waals surface area contributed by atoms with Crippen LogP contribution in [0, 0.1) is 0 Å². The Bertz CT molecular complexity index is 347. The minimum Gasteiger partial charge on any atom is -0.491 e. The number of carbonyl (C=O) groups excluding carboxylic acids is 1. The van der Waals surface area contributed by atoms with Gasteiger partial charge in [0.05, 0.1) is 11.6 Å². The molecule has 0 N–H and O–H groups in total. The Morgan fingerprint density at radius 2 is 2.38 bits per heavy atom. The molecular formula is C10H9ClO2. The highest BCUT2D eigenvalue weighted by atomic mass is 35.5. The number of hydrogen-bond donors (Lipinski definition) is 0. The molecule has 1 heterocycles. The summed E-state index contributed by atoms with van der Waals surface area (Å²) in [5.74, 6) is 0.788. The van der Waals surface area contributed by atoms with E-state index >= 15 is 0 Å². The van der Waals surface area contributed by atoms with Crippen LogP contribution in [0.25, 0.3) is 0 Å². The molecule has 1 aliphatic rings. The summed E-state index contributed by atoms with van der Waals surface area (Å²) in [5, 5.41) is 0.617. The first-order valence-corrected chi connectivity index (χ1v) is 4.57. The fourth-order valence-corrected chi connectivity index (χ4v) is 1.85. The van der Waals surface area contributed by atoms with E-state index in [4.69, 9.17) is 16.3 Å². The van der Waals surface area contributed by atoms with Crippen molar-refractivity contribution >= 4 is 17.9 Å². The highest BCUT2D eigenvalue weighted by Gasteiger charge is 2.16. The van der Waals surface area contributed by atoms with Gasteiger partial charge in [0.1, 0.15) is 12.0 Å². The second kappa shape index (κ2) is 3.38. The number of ether oxygens (including phenoxy) is 1. The quantitative estimate of drug-likeness (QED) is 0.677. The maximum Gasteiger partial charge on any atom is 0.141 e. The van der Waals surface area contributed by atoms with E-state index < -0.39 is 0 Å². The van der Waals surface area contributed by atoms with Gasteiger partial charge in [0.15, 0.2) is 0 Å². The van der Waals surface area contributed by atoms with Crippen molar-refractivity contribution in [3.63, 3.8) is 0 Å². The van der Waals surface area contributed by atoms with Crippen LogP contribution in [0.2, 0.25) is 5.02 Å². The molecule has 0 saturated carbocycles. The number of benzene rings is 1. The third kappa shape index (κ3) is 1.54. The topological polar surface area (TPSA) is 26.3 Å². The molecule has 2 rings (SSSR count). The van der Waals surface area contributed by atoms with Gasteiger partial charge in [-0.3, -0.25) is 0 Å². The normalized spacial score (nSPS) is 13.6. The molecule has 1 aliphatic heterocycles. The fourth-order valence-electron chi connectivity index (χ4n) is 1.54. The SMILES string of the molecule is O=CCc1cc(Cl)c2c(c1)CCO2. The average Bonchev–Trinajstić information content (AvgIpc) is 2.53. The Labute approximate surface area is 81.5 Å². The lowest BCUT2D eigenvalue weighted by Gasteiger charge is -2.03. The summed E-state index contributed by atoms with van der Waals surface area (Å²) in [4.78, 5) is 10.3. The number of fused-ring (bicyclic) bond motifs is 1. The molecule has 2 nitrogen and oxygen atoms in total. The lowest BCUT2D eigenvalue weighted by atomic mass is 10.1. The van der Waals surface area contributed by atoms with Gasteiger partial charge in [-0.1, -0.05) is 17.7 Å². The van der Waals surface area contributed by atoms with Crippen molar-refractivity contribution in [1.82, 2.24) is 0 Å². The van der Waals surface area contributed by atoms with Crippen LogP contribution in [0.5, 0.6) is 5.75 Å². The first-order valence-electron chi connectivity index (χ1n) is 4.19. The maximum atomic E-state index is 10.3. The number of aldehydes is 1. The van der Waals surface area contributed by atoms with Crippen molar-refractivity contribution in [2.75, 3.05) is 6.61 Å². The number of rotatable bonds is 2. The van der Waals surface area contributed by atoms with Crippen molar-refractivity contribution < 1.29 is 9.53 Å². The fraction of sp³-hybridized carbons (Fsp3) is 0.300. The molecule has 0 bridgehead atoms. The Balaban J connectivity index is 2.43. The molecule has 0 spiro atoms. The van der Waals surface area contributed by atoms with Gasteiger partial charge in [0, 0.05) is 12.8 Å². The molecule has 1 aromatic rings. The molecule has 0 aromatic heterocycles. The molecule has 0 atom stereocenters. The molecule has 0 fully saturated rings. The minimum absolute atomic E-state index is 0.424. The summed E-state index contributed by atoms with van der Waals surface area (Å²) in [6, 6.07) is 3.78. The van der Waals surface area contributed by atoms with Crippen LogP contribution in [-0.4, -0.2) is 12.9 Å². The van der Waals surface area contributed by atoms with Crippen LogP contribution in [0.1, 0.15) is 11.1 Å². The van der Waals surface area contributed by atoms with Gasteiger partial charge in [-0.25, -0.2) is 0 Å². The summed E-state index contributed by atoms with van der Waals surface area (Å²) >= 11 is 5.97. The smallest absolute Gasteiger partial charge is 0.141 e. The van der Waals surface area contributed by atoms with Crippen LogP contribution in [0.4, 0.5) is 0 Å². The standard InChI is InChI=1S/C10H9ClO2/c11-9-6-7(1-3-12)5-8-2-4-13-10(8)9/h3,5-6H,1-2,4H2. The van der Waals surface area contributed by atoms with Gasteiger partial charge in [0.2, 0.25) is 0 Å². The molecular weight excluding hydrogens is 188 g/mol. The number of carbonyl (C=O) groups is 1. The second-order valence-corrected chi connectivity index (χ2v) is 3.44. The summed E-state index contributed by atoms with van der Waals surface area (Å²) in [7, 11) is 0. The van der Waals surface area contributed by atoms with Crippen LogP contribution in [0.15, 0.2) is 12.1 Å². The molecule has 0 amide bonds. The average molecular weight is 197 g/mol. The maximum absolute atomic E-state index is 10.3. The van der Waals surface area contributed by atoms with Gasteiger partial charge in [0.25, 0.3) is 0 Å². The molecule has 0 saturated heterocycles. The monoisotopic (exact) mass is 196 g/mol. The molecule has 0 aliphatic carbocycles. The Morgan fingerprint density at radius 3 is 3.15 bits per heavy atom. The highest BCUT2D eigenvalue weighted by molar-refractivity contribution is 6.32. The first kappa shape index (κ1) is 8.57. The zero-order valence-electron chi connectivity index (χ0n) is 7.05. The van der Waals surface area contributed by atoms with E-state index in [-0.39, 0.29) is 0 Å². The van der Waals surface area contributed by atoms with E-state index in [1.165, 1.54) is 0 Å². The zero-order chi connectivity index (χ0) is 9.26. The van der Waals surface area contributed by atoms with Gasteiger partial charge in [-0.15, -0.1) is 0 Å². The van der Waals surface area contributed by atoms with Crippen molar-refractivity contribution in [2.45, 2.75) is 12.8 Å². The van der Waals surface area contributed by atoms with E-state index in [0.717, 1.165) is 29.6 Å². The predicted molar refractivity (Wildman–Crippen MR) is 50.4 cm³/mol. The Hall–Kier alpha value is -1.02. The number of halogens is 1. The van der Waals surface area contributed by atoms with E-state index in [2.05, 4.69) is 0 Å². The van der Waals surface area contributed by atoms with E-state index in [1.807, 2.05) is 6.07 Å². The molecule has 13 heavy (non-hydrogen) atoms. The Kier molecular flexibility index (Phi) is 2.23. The van der Waals surface area contributed by atoms with Crippen molar-refractivity contribution in [2.24, 2.45) is 0 Å². The predicted octanol–water partition coefficient (Wildman–Crippen LogP) is 2.02. The van der Waals surface area contributed by atoms with Crippen molar-refractivity contribution in [3.8, 4) is 5.75 Å². The second-order valence-electron chi connectivity index (χ2n) is 3.04. The van der Waals surface area contributed by atoms with Gasteiger partial charge in [-0.2, -0.15) is 0 Å². The van der Waals surface area contributed by atoms with Crippen molar-refractivity contribution in [3.05, 3.63) is 28.3 Å². The summed E-state index contributed by atoms with van der Waals surface area (Å²) in [6.45, 7) is 0.694. The van der Waals surface area contributed by atoms with Gasteiger partial charge in [-0.05, 0) is 17.2 Å². The zero-order valence-corrected chi connectivity index (χ0v) is 7.80. The number of hydrogen-bond acceptors (Lipinski definition) is 2. The molecule has 68 valence electrons. The van der Waals surface area contributed by atoms with E-state index in [1.54, 1.807) is 6.07 Å². The largest absolute Gasteiger partial charge is 0.491 e. The Morgan fingerprint density at radius 1 is 1.54 bits per heavy atom. The van der Waals surface area contributed by atoms with Crippen LogP contribution < -0.4 is 4.74 Å². The summed E-state index contributed by atoms with van der Waals surface area (Å²) in [5.41, 5.74) is 2.08. The third-order valence-electron chi connectivity index (χ3n) is 2.12. The lowest BCUT2D eigenvalue weighted by molar-refractivity contribution is -0.107. The minimum atomic E-state index is 0.424. The summed E-state index contributed by atoms with van der Waals surface area (Å²) in [6.07, 6.45) is 2.20. The molecule has 3 heteroatoms. The van der Waals surface area contributed by atoms with Gasteiger partial charge < -0.3 is 9.53 Å². The molecule has 0 unspecified atom stereocenters. The van der Waals surface area contributed by atoms with Crippen molar-refractivity contribution in [1.29, 1.82) is 0 Å². The van der Waals surface area contributed by atoms with E-state index in [9.17, 15) is 4.79 Å². The van der Waals surface area contributed by atoms with Crippen LogP contribution in [-0.2, 0) is 17.6 Å². The summed E-state index contributed by atoms with van der Waals surface area (Å²) < 4.78 is 5.34. The molecule has 0 radical (unpaired) electrons.